The number of nitrogens with zero attached hydrogens (tertiary/aromatic N) is 1. The zero-order chi connectivity index (χ0) is 13.5. The van der Waals surface area contributed by atoms with E-state index in [1.165, 1.54) is 12.8 Å². The lowest BCUT2D eigenvalue weighted by atomic mass is 10.1. The maximum atomic E-state index is 11.9. The molecule has 104 valence electrons. The van der Waals surface area contributed by atoms with Crippen molar-refractivity contribution in [3.8, 4) is 0 Å². The van der Waals surface area contributed by atoms with Crippen molar-refractivity contribution < 1.29 is 9.59 Å². The maximum absolute atomic E-state index is 11.9. The molecule has 1 fully saturated rings. The van der Waals surface area contributed by atoms with Crippen LogP contribution in [0, 0.1) is 5.92 Å². The van der Waals surface area contributed by atoms with Crippen LogP contribution in [0.15, 0.2) is 0 Å². The van der Waals surface area contributed by atoms with Gasteiger partial charge in [0.2, 0.25) is 11.8 Å². The molecular weight excluding hydrogens is 230 g/mol. The van der Waals surface area contributed by atoms with E-state index in [2.05, 4.69) is 5.32 Å². The van der Waals surface area contributed by atoms with Crippen molar-refractivity contribution >= 4 is 11.8 Å². The molecule has 0 aromatic heterocycles. The highest BCUT2D eigenvalue weighted by Gasteiger charge is 2.20. The lowest BCUT2D eigenvalue weighted by Crippen LogP contribution is -2.48. The van der Waals surface area contributed by atoms with E-state index in [0.29, 0.717) is 0 Å². The summed E-state index contributed by atoms with van der Waals surface area (Å²) in [5, 5.41) is 2.63. The Bertz CT molecular complexity index is 284. The smallest absolute Gasteiger partial charge is 0.241 e. The van der Waals surface area contributed by atoms with Crippen molar-refractivity contribution in [2.45, 2.75) is 45.6 Å². The molecule has 1 saturated heterocycles. The van der Waals surface area contributed by atoms with Gasteiger partial charge >= 0.3 is 0 Å². The summed E-state index contributed by atoms with van der Waals surface area (Å²) in [6.45, 7) is 5.47. The van der Waals surface area contributed by atoms with Crippen LogP contribution in [0.25, 0.3) is 0 Å². The Morgan fingerprint density at radius 2 is 1.72 bits per heavy atom. The summed E-state index contributed by atoms with van der Waals surface area (Å²) in [7, 11) is 0. The van der Waals surface area contributed by atoms with Gasteiger partial charge in [-0.1, -0.05) is 26.7 Å². The SMILES string of the molecule is CC(C)[C@H](N)C(=O)NCC(=O)N1CCCCCC1. The number of likely N-dealkylation sites (tertiary alicyclic amines) is 1. The van der Waals surface area contributed by atoms with Gasteiger partial charge in [0.15, 0.2) is 0 Å². The Balaban J connectivity index is 2.33. The van der Waals surface area contributed by atoms with Crippen LogP contribution >= 0.6 is 0 Å². The van der Waals surface area contributed by atoms with Gasteiger partial charge in [0.1, 0.15) is 0 Å². The minimum absolute atomic E-state index is 0.00112. The number of nitrogens with two attached hydrogens (primary N) is 1. The fourth-order valence-corrected chi connectivity index (χ4v) is 2.02. The van der Waals surface area contributed by atoms with Crippen LogP contribution in [0.4, 0.5) is 0 Å². The summed E-state index contributed by atoms with van der Waals surface area (Å²) >= 11 is 0. The van der Waals surface area contributed by atoms with E-state index in [0.717, 1.165) is 25.9 Å². The van der Waals surface area contributed by atoms with Crippen molar-refractivity contribution in [2.75, 3.05) is 19.6 Å². The molecule has 0 aromatic rings. The van der Waals surface area contributed by atoms with E-state index >= 15 is 0 Å². The van der Waals surface area contributed by atoms with Gasteiger partial charge in [-0.3, -0.25) is 9.59 Å². The van der Waals surface area contributed by atoms with Crippen molar-refractivity contribution in [1.29, 1.82) is 0 Å². The predicted octanol–water partition coefficient (Wildman–Crippen LogP) is 0.489. The van der Waals surface area contributed by atoms with Crippen LogP contribution in [-0.4, -0.2) is 42.4 Å². The standard InChI is InChI=1S/C13H25N3O2/c1-10(2)12(14)13(18)15-9-11(17)16-7-5-3-4-6-8-16/h10,12H,3-9,14H2,1-2H3,(H,15,18)/t12-/m0/s1. The van der Waals surface area contributed by atoms with E-state index in [4.69, 9.17) is 5.73 Å². The van der Waals surface area contributed by atoms with Crippen LogP contribution in [0.2, 0.25) is 0 Å². The summed E-state index contributed by atoms with van der Waals surface area (Å²) in [6.07, 6.45) is 4.50. The van der Waals surface area contributed by atoms with Gasteiger partial charge in [-0.15, -0.1) is 0 Å². The number of carbonyl (C=O) groups is 2. The number of carbonyl (C=O) groups excluding carboxylic acids is 2. The fraction of sp³-hybridized carbons (Fsp3) is 0.846. The van der Waals surface area contributed by atoms with E-state index in [-0.39, 0.29) is 24.3 Å². The molecule has 1 atom stereocenters. The van der Waals surface area contributed by atoms with Crippen molar-refractivity contribution in [2.24, 2.45) is 11.7 Å². The molecule has 0 aromatic carbocycles. The molecule has 18 heavy (non-hydrogen) atoms. The molecule has 1 aliphatic heterocycles. The Morgan fingerprint density at radius 1 is 1.17 bits per heavy atom. The van der Waals surface area contributed by atoms with Crippen molar-refractivity contribution in [3.63, 3.8) is 0 Å². The first kappa shape index (κ1) is 15.0. The van der Waals surface area contributed by atoms with Crippen LogP contribution < -0.4 is 11.1 Å². The van der Waals surface area contributed by atoms with Gasteiger partial charge < -0.3 is 16.0 Å². The molecule has 0 radical (unpaired) electrons. The Labute approximate surface area is 109 Å². The number of amides is 2. The van der Waals surface area contributed by atoms with Gasteiger partial charge in [-0.25, -0.2) is 0 Å². The van der Waals surface area contributed by atoms with Crippen molar-refractivity contribution in [3.05, 3.63) is 0 Å². The molecule has 1 aliphatic rings. The normalized spacial score (nSPS) is 18.3. The van der Waals surface area contributed by atoms with Gasteiger partial charge in [-0.05, 0) is 18.8 Å². The van der Waals surface area contributed by atoms with Crippen LogP contribution in [0.1, 0.15) is 39.5 Å². The highest BCUT2D eigenvalue weighted by Crippen LogP contribution is 2.09. The summed E-state index contributed by atoms with van der Waals surface area (Å²) in [4.78, 5) is 25.4. The number of rotatable bonds is 4. The summed E-state index contributed by atoms with van der Waals surface area (Å²) in [5.74, 6) is -0.160. The zero-order valence-electron chi connectivity index (χ0n) is 11.4. The minimum atomic E-state index is -0.540. The highest BCUT2D eigenvalue weighted by molar-refractivity contribution is 5.87. The fourth-order valence-electron chi connectivity index (χ4n) is 2.02. The molecule has 1 rings (SSSR count). The number of hydrogen-bond acceptors (Lipinski definition) is 3. The third kappa shape index (κ3) is 4.64. The molecule has 1 heterocycles. The minimum Gasteiger partial charge on any atom is -0.346 e. The summed E-state index contributed by atoms with van der Waals surface area (Å²) in [6, 6.07) is -0.540. The second-order valence-electron chi connectivity index (χ2n) is 5.28. The largest absolute Gasteiger partial charge is 0.346 e. The molecule has 0 bridgehead atoms. The van der Waals surface area contributed by atoms with E-state index < -0.39 is 6.04 Å². The molecule has 2 amide bonds. The lowest BCUT2D eigenvalue weighted by molar-refractivity contribution is -0.133. The lowest BCUT2D eigenvalue weighted by Gasteiger charge is -2.21. The molecular formula is C13H25N3O2. The van der Waals surface area contributed by atoms with Crippen molar-refractivity contribution in [1.82, 2.24) is 10.2 Å². The maximum Gasteiger partial charge on any atom is 0.241 e. The third-order valence-electron chi connectivity index (χ3n) is 3.39. The molecule has 3 N–H and O–H groups in total. The van der Waals surface area contributed by atoms with Gasteiger partial charge in [0.05, 0.1) is 12.6 Å². The van der Waals surface area contributed by atoms with Crippen LogP contribution in [0.3, 0.4) is 0 Å². The molecule has 0 spiro atoms. The average Bonchev–Trinajstić information content (AvgIpc) is 2.63. The topological polar surface area (TPSA) is 75.4 Å². The number of hydrogen-bond donors (Lipinski definition) is 2. The van der Waals surface area contributed by atoms with Gasteiger partial charge in [0, 0.05) is 13.1 Å². The molecule has 0 aliphatic carbocycles. The summed E-state index contributed by atoms with van der Waals surface area (Å²) in [5.41, 5.74) is 5.71. The first-order chi connectivity index (χ1) is 8.52. The quantitative estimate of drug-likeness (QED) is 0.767. The van der Waals surface area contributed by atoms with Crippen LogP contribution in [-0.2, 0) is 9.59 Å². The Morgan fingerprint density at radius 3 is 2.22 bits per heavy atom. The first-order valence-corrected chi connectivity index (χ1v) is 6.83. The monoisotopic (exact) mass is 255 g/mol. The molecule has 5 heteroatoms. The average molecular weight is 255 g/mol. The first-order valence-electron chi connectivity index (χ1n) is 6.83. The van der Waals surface area contributed by atoms with E-state index in [1.807, 2.05) is 18.7 Å². The second kappa shape index (κ2) is 7.36. The van der Waals surface area contributed by atoms with Gasteiger partial charge in [0.25, 0.3) is 0 Å². The predicted molar refractivity (Wildman–Crippen MR) is 70.9 cm³/mol. The Kier molecular flexibility index (Phi) is 6.12. The molecule has 5 nitrogen and oxygen atoms in total. The number of nitrogens with one attached hydrogen (secondary N) is 1. The Hall–Kier alpha value is -1.10. The zero-order valence-corrected chi connectivity index (χ0v) is 11.4. The highest BCUT2D eigenvalue weighted by atomic mass is 16.2. The summed E-state index contributed by atoms with van der Waals surface area (Å²) < 4.78 is 0. The second-order valence-corrected chi connectivity index (χ2v) is 5.28. The van der Waals surface area contributed by atoms with E-state index in [1.54, 1.807) is 0 Å². The van der Waals surface area contributed by atoms with Gasteiger partial charge in [-0.2, -0.15) is 0 Å². The van der Waals surface area contributed by atoms with Crippen LogP contribution in [0.5, 0.6) is 0 Å². The molecule has 0 unspecified atom stereocenters. The molecule has 0 saturated carbocycles. The third-order valence-corrected chi connectivity index (χ3v) is 3.39. The van der Waals surface area contributed by atoms with E-state index in [9.17, 15) is 9.59 Å².